The highest BCUT2D eigenvalue weighted by Crippen LogP contribution is 2.30. The van der Waals surface area contributed by atoms with Gasteiger partial charge in [0.25, 0.3) is 0 Å². The first-order valence-corrected chi connectivity index (χ1v) is 8.00. The van der Waals surface area contributed by atoms with Gasteiger partial charge in [-0.05, 0) is 36.6 Å². The van der Waals surface area contributed by atoms with Crippen LogP contribution in [0.1, 0.15) is 5.69 Å². The molecule has 0 N–H and O–H groups in total. The van der Waals surface area contributed by atoms with Crippen LogP contribution in [0.2, 0.25) is 5.02 Å². The van der Waals surface area contributed by atoms with Crippen LogP contribution >= 0.6 is 22.9 Å². The fraction of sp³-hybridized carbons (Fsp3) is 0.0625. The molecule has 0 aliphatic heterocycles. The molecule has 0 amide bonds. The van der Waals surface area contributed by atoms with Gasteiger partial charge in [-0.15, -0.1) is 16.4 Å². The zero-order valence-corrected chi connectivity index (χ0v) is 13.3. The summed E-state index contributed by atoms with van der Waals surface area (Å²) < 4.78 is 1.82. The minimum Gasteiger partial charge on any atom is -0.240 e. The molecule has 0 bridgehead atoms. The third-order valence-corrected chi connectivity index (χ3v) is 4.55. The molecule has 22 heavy (non-hydrogen) atoms. The Balaban J connectivity index is 1.97. The lowest BCUT2D eigenvalue weighted by molar-refractivity contribution is 0.891. The second-order valence-electron chi connectivity index (χ2n) is 4.93. The molecule has 3 heterocycles. The predicted molar refractivity (Wildman–Crippen MR) is 89.7 cm³/mol. The van der Waals surface area contributed by atoms with Gasteiger partial charge in [0.1, 0.15) is 11.2 Å². The van der Waals surface area contributed by atoms with Gasteiger partial charge < -0.3 is 0 Å². The number of aromatic nitrogens is 4. The van der Waals surface area contributed by atoms with Gasteiger partial charge in [0.05, 0.1) is 21.6 Å². The van der Waals surface area contributed by atoms with Crippen LogP contribution in [-0.2, 0) is 0 Å². The molecule has 4 rings (SSSR count). The van der Waals surface area contributed by atoms with E-state index >= 15 is 0 Å². The van der Waals surface area contributed by atoms with Crippen molar-refractivity contribution < 1.29 is 0 Å². The lowest BCUT2D eigenvalue weighted by atomic mass is 10.2. The Hall–Kier alpha value is -2.24. The Bertz CT molecular complexity index is 960. The number of hydrogen-bond donors (Lipinski definition) is 0. The summed E-state index contributed by atoms with van der Waals surface area (Å²) in [6.45, 7) is 1.92. The molecule has 6 heteroatoms. The molecule has 0 saturated carbocycles. The smallest absolute Gasteiger partial charge is 0.118 e. The van der Waals surface area contributed by atoms with E-state index in [1.54, 1.807) is 11.3 Å². The van der Waals surface area contributed by atoms with Crippen LogP contribution in [0.3, 0.4) is 0 Å². The zero-order chi connectivity index (χ0) is 15.1. The van der Waals surface area contributed by atoms with Crippen molar-refractivity contribution in [2.75, 3.05) is 0 Å². The van der Waals surface area contributed by atoms with E-state index in [-0.39, 0.29) is 0 Å². The maximum Gasteiger partial charge on any atom is 0.118 e. The molecule has 4 nitrogen and oxygen atoms in total. The van der Waals surface area contributed by atoms with E-state index in [9.17, 15) is 0 Å². The van der Waals surface area contributed by atoms with Crippen molar-refractivity contribution in [2.24, 2.45) is 0 Å². The van der Waals surface area contributed by atoms with Gasteiger partial charge in [-0.2, -0.15) is 10.2 Å². The van der Waals surface area contributed by atoms with E-state index in [1.807, 2.05) is 59.6 Å². The molecule has 0 atom stereocenters. The predicted octanol–water partition coefficient (Wildman–Crippen LogP) is 4.51. The lowest BCUT2D eigenvalue weighted by Gasteiger charge is -2.00. The topological polar surface area (TPSA) is 43.6 Å². The maximum atomic E-state index is 6.07. The summed E-state index contributed by atoms with van der Waals surface area (Å²) in [6.07, 6.45) is 1.98. The summed E-state index contributed by atoms with van der Waals surface area (Å²) >= 11 is 7.72. The fourth-order valence-electron chi connectivity index (χ4n) is 2.39. The lowest BCUT2D eigenvalue weighted by Crippen LogP contribution is -1.94. The number of halogens is 1. The molecule has 0 fully saturated rings. The summed E-state index contributed by atoms with van der Waals surface area (Å²) in [5, 5.41) is 17.0. The SMILES string of the molecule is Cc1nnc(-c2cccs2)c2cn(-c3cccc(Cl)c3)nc12. The van der Waals surface area contributed by atoms with Crippen molar-refractivity contribution in [3.63, 3.8) is 0 Å². The molecule has 0 spiro atoms. The number of rotatable bonds is 2. The standard InChI is InChI=1S/C16H11ClN4S/c1-10-15-13(16(19-18-10)14-6-3-7-22-14)9-21(20-15)12-5-2-4-11(17)8-12/h2-9H,1H3. The zero-order valence-electron chi connectivity index (χ0n) is 11.7. The van der Waals surface area contributed by atoms with Crippen molar-refractivity contribution in [1.82, 2.24) is 20.0 Å². The normalized spacial score (nSPS) is 11.2. The van der Waals surface area contributed by atoms with E-state index < -0.39 is 0 Å². The van der Waals surface area contributed by atoms with Gasteiger partial charge in [-0.3, -0.25) is 0 Å². The van der Waals surface area contributed by atoms with Gasteiger partial charge in [0.2, 0.25) is 0 Å². The van der Waals surface area contributed by atoms with Crippen molar-refractivity contribution in [1.29, 1.82) is 0 Å². The first kappa shape index (κ1) is 13.4. The minimum absolute atomic E-state index is 0.684. The van der Waals surface area contributed by atoms with E-state index in [4.69, 9.17) is 11.6 Å². The van der Waals surface area contributed by atoms with Gasteiger partial charge in [-0.1, -0.05) is 23.7 Å². The summed E-state index contributed by atoms with van der Waals surface area (Å²) in [7, 11) is 0. The van der Waals surface area contributed by atoms with Crippen LogP contribution in [-0.4, -0.2) is 20.0 Å². The minimum atomic E-state index is 0.684. The second kappa shape index (κ2) is 5.19. The molecule has 1 aromatic carbocycles. The molecule has 0 saturated heterocycles. The Kier molecular flexibility index (Phi) is 3.17. The first-order valence-electron chi connectivity index (χ1n) is 6.75. The molecule has 4 aromatic rings. The van der Waals surface area contributed by atoms with Crippen LogP contribution < -0.4 is 0 Å². The summed E-state index contributed by atoms with van der Waals surface area (Å²) in [5.41, 5.74) is 3.46. The third kappa shape index (κ3) is 2.19. The van der Waals surface area contributed by atoms with Crippen LogP contribution in [0.5, 0.6) is 0 Å². The quantitative estimate of drug-likeness (QED) is 0.544. The van der Waals surface area contributed by atoms with Crippen LogP contribution in [0, 0.1) is 6.92 Å². The average molecular weight is 327 g/mol. The molecule has 0 aliphatic carbocycles. The van der Waals surface area contributed by atoms with Gasteiger partial charge in [0.15, 0.2) is 0 Å². The van der Waals surface area contributed by atoms with Gasteiger partial charge in [0, 0.05) is 11.2 Å². The Morgan fingerprint density at radius 1 is 1.14 bits per heavy atom. The van der Waals surface area contributed by atoms with E-state index in [2.05, 4.69) is 15.3 Å². The number of hydrogen-bond acceptors (Lipinski definition) is 4. The van der Waals surface area contributed by atoms with E-state index in [0.29, 0.717) is 5.02 Å². The molecule has 108 valence electrons. The average Bonchev–Trinajstić information content (AvgIpc) is 3.17. The Morgan fingerprint density at radius 3 is 2.82 bits per heavy atom. The summed E-state index contributed by atoms with van der Waals surface area (Å²) in [5.74, 6) is 0. The molecule has 0 radical (unpaired) electrons. The number of benzene rings is 1. The van der Waals surface area contributed by atoms with E-state index in [0.717, 1.165) is 32.9 Å². The molecule has 0 unspecified atom stereocenters. The third-order valence-electron chi connectivity index (χ3n) is 3.44. The van der Waals surface area contributed by atoms with Gasteiger partial charge in [-0.25, -0.2) is 4.68 Å². The number of aryl methyl sites for hydroxylation is 1. The van der Waals surface area contributed by atoms with Crippen LogP contribution in [0.15, 0.2) is 48.0 Å². The first-order chi connectivity index (χ1) is 10.7. The Morgan fingerprint density at radius 2 is 2.05 bits per heavy atom. The summed E-state index contributed by atoms with van der Waals surface area (Å²) in [6, 6.07) is 11.7. The number of thiophene rings is 1. The van der Waals surface area contributed by atoms with Gasteiger partial charge >= 0.3 is 0 Å². The van der Waals surface area contributed by atoms with Crippen molar-refractivity contribution >= 4 is 33.8 Å². The van der Waals surface area contributed by atoms with Crippen LogP contribution in [0.25, 0.3) is 27.2 Å². The number of nitrogens with zero attached hydrogens (tertiary/aromatic N) is 4. The van der Waals surface area contributed by atoms with Crippen molar-refractivity contribution in [2.45, 2.75) is 6.92 Å². The Labute approximate surface area is 136 Å². The molecule has 3 aromatic heterocycles. The molecule has 0 aliphatic rings. The molecular formula is C16H11ClN4S. The maximum absolute atomic E-state index is 6.07. The second-order valence-corrected chi connectivity index (χ2v) is 6.31. The number of fused-ring (bicyclic) bond motifs is 1. The highest BCUT2D eigenvalue weighted by Gasteiger charge is 2.14. The van der Waals surface area contributed by atoms with E-state index in [1.165, 1.54) is 0 Å². The van der Waals surface area contributed by atoms with Crippen molar-refractivity contribution in [3.8, 4) is 16.3 Å². The molecular weight excluding hydrogens is 316 g/mol. The van der Waals surface area contributed by atoms with Crippen molar-refractivity contribution in [3.05, 3.63) is 58.7 Å². The highest BCUT2D eigenvalue weighted by atomic mass is 35.5. The largest absolute Gasteiger partial charge is 0.240 e. The monoisotopic (exact) mass is 326 g/mol. The highest BCUT2D eigenvalue weighted by molar-refractivity contribution is 7.13. The van der Waals surface area contributed by atoms with Crippen LogP contribution in [0.4, 0.5) is 0 Å². The summed E-state index contributed by atoms with van der Waals surface area (Å²) in [4.78, 5) is 1.09. The fourth-order valence-corrected chi connectivity index (χ4v) is 3.29.